The van der Waals surface area contributed by atoms with Crippen molar-refractivity contribution < 1.29 is 24.1 Å². The Balaban J connectivity index is 1.46. The molecule has 0 bridgehead atoms. The number of hydrogen-bond donors (Lipinski definition) is 2. The number of aliphatic hydroxyl groups is 1. The van der Waals surface area contributed by atoms with E-state index in [2.05, 4.69) is 40.5 Å². The Labute approximate surface area is 239 Å². The molecule has 216 valence electrons. The molecule has 0 amide bonds. The molecule has 0 saturated carbocycles. The Morgan fingerprint density at radius 1 is 0.825 bits per heavy atom. The maximum absolute atomic E-state index is 11.7. The van der Waals surface area contributed by atoms with E-state index >= 15 is 0 Å². The van der Waals surface area contributed by atoms with Gasteiger partial charge in [-0.1, -0.05) is 54.6 Å². The second-order valence-corrected chi connectivity index (χ2v) is 10.4. The van der Waals surface area contributed by atoms with Crippen LogP contribution in [0, 0.1) is 11.8 Å². The molecule has 0 aromatic heterocycles. The summed E-state index contributed by atoms with van der Waals surface area (Å²) in [7, 11) is 3.31. The maximum atomic E-state index is 11.7. The maximum Gasteiger partial charge on any atom is 0.161 e. The largest absolute Gasteiger partial charge is 0.494 e. The minimum absolute atomic E-state index is 0.424. The highest BCUT2D eigenvalue weighted by atomic mass is 16.5. The van der Waals surface area contributed by atoms with E-state index < -0.39 is 6.23 Å². The van der Waals surface area contributed by atoms with Crippen LogP contribution in [0.15, 0.2) is 78.9 Å². The predicted molar refractivity (Wildman–Crippen MR) is 158 cm³/mol. The van der Waals surface area contributed by atoms with Crippen LogP contribution in [0.25, 0.3) is 0 Å². The monoisotopic (exact) mass is 548 g/mol. The Hall–Kier alpha value is -3.10. The van der Waals surface area contributed by atoms with Crippen molar-refractivity contribution >= 4 is 0 Å². The van der Waals surface area contributed by atoms with Gasteiger partial charge in [-0.15, -0.1) is 0 Å². The Morgan fingerprint density at radius 2 is 1.55 bits per heavy atom. The molecule has 1 saturated heterocycles. The number of ether oxygens (including phenoxy) is 4. The summed E-state index contributed by atoms with van der Waals surface area (Å²) in [5.41, 5.74) is 2.15. The van der Waals surface area contributed by atoms with E-state index in [-0.39, 0.29) is 0 Å². The van der Waals surface area contributed by atoms with Crippen molar-refractivity contribution in [1.29, 1.82) is 0 Å². The molecule has 1 fully saturated rings. The number of methoxy groups -OCH3 is 2. The molecule has 4 rings (SSSR count). The van der Waals surface area contributed by atoms with Gasteiger partial charge in [-0.05, 0) is 73.2 Å². The van der Waals surface area contributed by atoms with Crippen LogP contribution in [0.4, 0.5) is 0 Å². The van der Waals surface area contributed by atoms with Gasteiger partial charge in [-0.3, -0.25) is 4.90 Å². The molecule has 1 aliphatic rings. The predicted octanol–water partition coefficient (Wildman–Crippen LogP) is 4.95. The summed E-state index contributed by atoms with van der Waals surface area (Å²) in [5.74, 6) is 3.08. The van der Waals surface area contributed by atoms with Gasteiger partial charge in [0.25, 0.3) is 0 Å². The average Bonchev–Trinajstić information content (AvgIpc) is 3.43. The second-order valence-electron chi connectivity index (χ2n) is 10.4. The number of rotatable bonds is 17. The lowest BCUT2D eigenvalue weighted by molar-refractivity contribution is -0.0129. The molecule has 7 nitrogen and oxygen atoms in total. The summed E-state index contributed by atoms with van der Waals surface area (Å²) in [6.07, 6.45) is 1.83. The fourth-order valence-electron chi connectivity index (χ4n) is 5.31. The van der Waals surface area contributed by atoms with E-state index in [4.69, 9.17) is 18.9 Å². The molecule has 2 N–H and O–H groups in total. The third kappa shape index (κ3) is 8.96. The highest BCUT2D eigenvalue weighted by Gasteiger charge is 2.31. The normalized spacial score (nSPS) is 17.6. The summed E-state index contributed by atoms with van der Waals surface area (Å²) in [6, 6.07) is 26.2. The molecule has 7 heteroatoms. The molecule has 0 spiro atoms. The molecule has 0 radical (unpaired) electrons. The average molecular weight is 549 g/mol. The Morgan fingerprint density at radius 3 is 2.30 bits per heavy atom. The molecule has 3 aromatic rings. The van der Waals surface area contributed by atoms with E-state index in [0.29, 0.717) is 49.7 Å². The van der Waals surface area contributed by atoms with E-state index in [1.54, 1.807) is 14.2 Å². The molecule has 3 atom stereocenters. The smallest absolute Gasteiger partial charge is 0.161 e. The van der Waals surface area contributed by atoms with Gasteiger partial charge in [0.15, 0.2) is 11.5 Å². The SMILES string of the molecule is COCCCOc1cc(C(O)N(CCCOc2ccccc2)C[C@@H]2CNC[C@H]2Cc2ccccc2)ccc1OC. The molecule has 3 aromatic carbocycles. The summed E-state index contributed by atoms with van der Waals surface area (Å²) in [5, 5.41) is 15.3. The van der Waals surface area contributed by atoms with Crippen molar-refractivity contribution in [2.45, 2.75) is 25.5 Å². The van der Waals surface area contributed by atoms with E-state index in [1.165, 1.54) is 5.56 Å². The van der Waals surface area contributed by atoms with Crippen LogP contribution in [-0.2, 0) is 11.2 Å². The fourth-order valence-corrected chi connectivity index (χ4v) is 5.31. The second kappa shape index (κ2) is 16.2. The number of nitrogens with zero attached hydrogens (tertiary/aromatic N) is 1. The first-order valence-electron chi connectivity index (χ1n) is 14.3. The van der Waals surface area contributed by atoms with Gasteiger partial charge in [0.2, 0.25) is 0 Å². The summed E-state index contributed by atoms with van der Waals surface area (Å²) in [4.78, 5) is 2.18. The minimum Gasteiger partial charge on any atom is -0.494 e. The van der Waals surface area contributed by atoms with Crippen LogP contribution in [0.5, 0.6) is 17.2 Å². The summed E-state index contributed by atoms with van der Waals surface area (Å²) < 4.78 is 22.6. The van der Waals surface area contributed by atoms with Gasteiger partial charge < -0.3 is 29.4 Å². The highest BCUT2D eigenvalue weighted by Crippen LogP contribution is 2.33. The van der Waals surface area contributed by atoms with Crippen LogP contribution in [0.3, 0.4) is 0 Å². The number of para-hydroxylation sites is 1. The molecule has 1 aliphatic heterocycles. The number of hydrogen-bond acceptors (Lipinski definition) is 7. The lowest BCUT2D eigenvalue weighted by Crippen LogP contribution is -2.37. The van der Waals surface area contributed by atoms with Gasteiger partial charge in [-0.25, -0.2) is 0 Å². The molecule has 40 heavy (non-hydrogen) atoms. The van der Waals surface area contributed by atoms with Gasteiger partial charge >= 0.3 is 0 Å². The van der Waals surface area contributed by atoms with Gasteiger partial charge in [0, 0.05) is 33.2 Å². The first kappa shape index (κ1) is 29.9. The van der Waals surface area contributed by atoms with Crippen LogP contribution in [-0.4, -0.2) is 70.2 Å². The number of benzene rings is 3. The number of nitrogens with one attached hydrogen (secondary N) is 1. The van der Waals surface area contributed by atoms with Gasteiger partial charge in [-0.2, -0.15) is 0 Å². The Bertz CT molecular complexity index is 1110. The van der Waals surface area contributed by atoms with Gasteiger partial charge in [0.1, 0.15) is 12.0 Å². The number of aliphatic hydroxyl groups excluding tert-OH is 1. The third-order valence-electron chi connectivity index (χ3n) is 7.47. The minimum atomic E-state index is -0.776. The molecular formula is C33H44N2O5. The van der Waals surface area contributed by atoms with Crippen LogP contribution >= 0.6 is 0 Å². The topological polar surface area (TPSA) is 72.4 Å². The molecule has 0 aliphatic carbocycles. The van der Waals surface area contributed by atoms with E-state index in [1.807, 2.05) is 48.5 Å². The summed E-state index contributed by atoms with van der Waals surface area (Å²) in [6.45, 7) is 5.15. The van der Waals surface area contributed by atoms with Crippen molar-refractivity contribution in [3.8, 4) is 17.2 Å². The van der Waals surface area contributed by atoms with Crippen molar-refractivity contribution in [3.63, 3.8) is 0 Å². The van der Waals surface area contributed by atoms with Crippen molar-refractivity contribution in [1.82, 2.24) is 10.2 Å². The van der Waals surface area contributed by atoms with Crippen molar-refractivity contribution in [2.24, 2.45) is 11.8 Å². The fraction of sp³-hybridized carbons (Fsp3) is 0.455. The molecule has 1 unspecified atom stereocenters. The highest BCUT2D eigenvalue weighted by molar-refractivity contribution is 5.43. The lowest BCUT2D eigenvalue weighted by Gasteiger charge is -2.32. The Kier molecular flexibility index (Phi) is 12.1. The van der Waals surface area contributed by atoms with E-state index in [0.717, 1.165) is 50.2 Å². The summed E-state index contributed by atoms with van der Waals surface area (Å²) >= 11 is 0. The van der Waals surface area contributed by atoms with E-state index in [9.17, 15) is 5.11 Å². The van der Waals surface area contributed by atoms with Crippen molar-refractivity contribution in [3.05, 3.63) is 90.0 Å². The zero-order valence-corrected chi connectivity index (χ0v) is 23.8. The zero-order chi connectivity index (χ0) is 28.0. The van der Waals surface area contributed by atoms with Crippen molar-refractivity contribution in [2.75, 3.05) is 60.2 Å². The standard InChI is InChI=1S/C33H44N2O5/c1-37-18-10-20-40-32-22-27(15-16-31(32)38-2)33(36)35(17-9-19-39-30-13-7-4-8-14-30)25-29-24-34-23-28(29)21-26-11-5-3-6-12-26/h3-8,11-16,22,28-29,33-34,36H,9-10,17-21,23-25H2,1-2H3/t28-,29+,33?/m1/s1. The first-order valence-corrected chi connectivity index (χ1v) is 14.3. The van der Waals surface area contributed by atoms with Crippen LogP contribution in [0.1, 0.15) is 30.2 Å². The van der Waals surface area contributed by atoms with Gasteiger partial charge in [0.05, 0.1) is 20.3 Å². The first-order chi connectivity index (χ1) is 19.7. The third-order valence-corrected chi connectivity index (χ3v) is 7.47. The van der Waals surface area contributed by atoms with Crippen LogP contribution in [0.2, 0.25) is 0 Å². The lowest BCUT2D eigenvalue weighted by atomic mass is 9.89. The molecule has 1 heterocycles. The quantitative estimate of drug-likeness (QED) is 0.183. The zero-order valence-electron chi connectivity index (χ0n) is 23.8. The molecular weight excluding hydrogens is 504 g/mol. The van der Waals surface area contributed by atoms with Crippen LogP contribution < -0.4 is 19.5 Å².